The van der Waals surface area contributed by atoms with Crippen molar-refractivity contribution >= 4 is 11.6 Å². The minimum atomic E-state index is 0.677. The normalized spacial score (nSPS) is 19.6. The Hall–Kier alpha value is -0.570. The van der Waals surface area contributed by atoms with Crippen LogP contribution in [-0.4, -0.2) is 30.6 Å². The minimum absolute atomic E-state index is 0.677. The lowest BCUT2D eigenvalue weighted by Crippen LogP contribution is -2.37. The first kappa shape index (κ1) is 13.9. The van der Waals surface area contributed by atoms with Crippen molar-refractivity contribution in [3.8, 4) is 0 Å². The number of nitrogens with one attached hydrogen (secondary N) is 1. The van der Waals surface area contributed by atoms with Gasteiger partial charge in [-0.15, -0.1) is 0 Å². The third kappa shape index (κ3) is 4.27. The summed E-state index contributed by atoms with van der Waals surface area (Å²) in [4.78, 5) is 2.54. The van der Waals surface area contributed by atoms with Gasteiger partial charge >= 0.3 is 0 Å². The average molecular weight is 267 g/mol. The summed E-state index contributed by atoms with van der Waals surface area (Å²) in [7, 11) is 0. The lowest BCUT2D eigenvalue weighted by Gasteiger charge is -2.25. The number of hydrogen-bond donors (Lipinski definition) is 1. The van der Waals surface area contributed by atoms with Crippen LogP contribution in [0.15, 0.2) is 24.3 Å². The molecule has 1 heterocycles. The highest BCUT2D eigenvalue weighted by molar-refractivity contribution is 6.30. The number of nitrogens with zero attached hydrogens (tertiary/aromatic N) is 1. The van der Waals surface area contributed by atoms with Crippen LogP contribution in [0.1, 0.15) is 31.7 Å². The molecule has 1 aromatic carbocycles. The van der Waals surface area contributed by atoms with Crippen LogP contribution in [0.25, 0.3) is 0 Å². The highest BCUT2D eigenvalue weighted by Crippen LogP contribution is 2.14. The van der Waals surface area contributed by atoms with Crippen LogP contribution >= 0.6 is 11.6 Å². The van der Waals surface area contributed by atoms with E-state index in [2.05, 4.69) is 29.3 Å². The van der Waals surface area contributed by atoms with Crippen LogP contribution in [0, 0.1) is 0 Å². The van der Waals surface area contributed by atoms with Crippen LogP contribution < -0.4 is 5.32 Å². The summed E-state index contributed by atoms with van der Waals surface area (Å²) in [5.41, 5.74) is 1.31. The molecule has 1 unspecified atom stereocenters. The van der Waals surface area contributed by atoms with Gasteiger partial charge in [0.15, 0.2) is 0 Å². The molecule has 18 heavy (non-hydrogen) atoms. The van der Waals surface area contributed by atoms with E-state index in [1.165, 1.54) is 31.4 Å². The van der Waals surface area contributed by atoms with Gasteiger partial charge in [-0.05, 0) is 50.0 Å². The van der Waals surface area contributed by atoms with Crippen molar-refractivity contribution in [1.29, 1.82) is 0 Å². The fraction of sp³-hybridized carbons (Fsp3) is 0.600. The van der Waals surface area contributed by atoms with E-state index < -0.39 is 0 Å². The van der Waals surface area contributed by atoms with Crippen molar-refractivity contribution in [2.75, 3.05) is 19.6 Å². The molecule has 2 nitrogen and oxygen atoms in total. The van der Waals surface area contributed by atoms with Gasteiger partial charge in [0.25, 0.3) is 0 Å². The van der Waals surface area contributed by atoms with E-state index in [4.69, 9.17) is 11.6 Å². The van der Waals surface area contributed by atoms with E-state index in [-0.39, 0.29) is 0 Å². The van der Waals surface area contributed by atoms with Gasteiger partial charge in [0.05, 0.1) is 0 Å². The topological polar surface area (TPSA) is 15.3 Å². The summed E-state index contributed by atoms with van der Waals surface area (Å²) in [5, 5.41) is 4.41. The molecule has 1 saturated heterocycles. The molecule has 0 aliphatic carbocycles. The van der Waals surface area contributed by atoms with Crippen molar-refractivity contribution in [1.82, 2.24) is 10.2 Å². The first-order valence-corrected chi connectivity index (χ1v) is 7.36. The van der Waals surface area contributed by atoms with Crippen molar-refractivity contribution < 1.29 is 0 Å². The maximum absolute atomic E-state index is 6.04. The average Bonchev–Trinajstić information content (AvgIpc) is 2.82. The Morgan fingerprint density at radius 2 is 2.33 bits per heavy atom. The molecule has 0 spiro atoms. The second-order valence-corrected chi connectivity index (χ2v) is 5.59. The first-order valence-electron chi connectivity index (χ1n) is 6.98. The van der Waals surface area contributed by atoms with Gasteiger partial charge in [-0.1, -0.05) is 30.7 Å². The molecule has 1 aliphatic rings. The van der Waals surface area contributed by atoms with Gasteiger partial charge in [0, 0.05) is 24.2 Å². The summed E-state index contributed by atoms with van der Waals surface area (Å²) in [6.07, 6.45) is 3.84. The van der Waals surface area contributed by atoms with Crippen LogP contribution in [0.5, 0.6) is 0 Å². The monoisotopic (exact) mass is 266 g/mol. The molecule has 0 aromatic heterocycles. The van der Waals surface area contributed by atoms with E-state index in [0.29, 0.717) is 6.04 Å². The second-order valence-electron chi connectivity index (χ2n) is 5.16. The molecule has 0 bridgehead atoms. The maximum atomic E-state index is 6.04. The van der Waals surface area contributed by atoms with E-state index >= 15 is 0 Å². The van der Waals surface area contributed by atoms with Crippen LogP contribution in [0.3, 0.4) is 0 Å². The van der Waals surface area contributed by atoms with Gasteiger partial charge in [0.2, 0.25) is 0 Å². The van der Waals surface area contributed by atoms with Gasteiger partial charge < -0.3 is 5.32 Å². The molecule has 2 rings (SSSR count). The van der Waals surface area contributed by atoms with Gasteiger partial charge in [-0.25, -0.2) is 0 Å². The fourth-order valence-electron chi connectivity index (χ4n) is 2.67. The number of halogens is 1. The quantitative estimate of drug-likeness (QED) is 0.850. The van der Waals surface area contributed by atoms with E-state index in [1.807, 2.05) is 12.1 Å². The molecule has 0 amide bonds. The Kier molecular flexibility index (Phi) is 5.48. The van der Waals surface area contributed by atoms with Crippen LogP contribution in [-0.2, 0) is 6.54 Å². The second kappa shape index (κ2) is 7.13. The predicted molar refractivity (Wildman–Crippen MR) is 78.0 cm³/mol. The first-order chi connectivity index (χ1) is 8.78. The van der Waals surface area contributed by atoms with E-state index in [1.54, 1.807) is 0 Å². The summed E-state index contributed by atoms with van der Waals surface area (Å²) in [5.74, 6) is 0. The summed E-state index contributed by atoms with van der Waals surface area (Å²) >= 11 is 6.04. The molecule has 1 aromatic rings. The van der Waals surface area contributed by atoms with Gasteiger partial charge in [-0.2, -0.15) is 0 Å². The van der Waals surface area contributed by atoms with Crippen molar-refractivity contribution in [2.24, 2.45) is 0 Å². The predicted octanol–water partition coefficient (Wildman–Crippen LogP) is 3.30. The summed E-state index contributed by atoms with van der Waals surface area (Å²) in [6.45, 7) is 6.74. The van der Waals surface area contributed by atoms with Crippen molar-refractivity contribution in [2.45, 2.75) is 38.8 Å². The van der Waals surface area contributed by atoms with E-state index in [0.717, 1.165) is 24.7 Å². The molecular formula is C15H23ClN2. The Labute approximate surface area is 115 Å². The Morgan fingerprint density at radius 3 is 3.00 bits per heavy atom. The molecule has 1 atom stereocenters. The molecule has 0 saturated carbocycles. The third-order valence-electron chi connectivity index (χ3n) is 3.48. The molecule has 100 valence electrons. The molecular weight excluding hydrogens is 244 g/mol. The fourth-order valence-corrected chi connectivity index (χ4v) is 2.88. The van der Waals surface area contributed by atoms with Gasteiger partial charge in [0.1, 0.15) is 0 Å². The lowest BCUT2D eigenvalue weighted by molar-refractivity contribution is 0.241. The number of rotatable bonds is 6. The van der Waals surface area contributed by atoms with Crippen molar-refractivity contribution in [3.63, 3.8) is 0 Å². The lowest BCUT2D eigenvalue weighted by atomic mass is 10.1. The molecule has 0 radical (unpaired) electrons. The number of benzene rings is 1. The van der Waals surface area contributed by atoms with E-state index in [9.17, 15) is 0 Å². The third-order valence-corrected chi connectivity index (χ3v) is 3.71. The van der Waals surface area contributed by atoms with Crippen LogP contribution in [0.4, 0.5) is 0 Å². The standard InChI is InChI=1S/C15H23ClN2/c1-2-9-18(12-15-7-4-8-17-15)11-13-5-3-6-14(16)10-13/h3,5-6,10,15,17H,2,4,7-9,11-12H2,1H3. The van der Waals surface area contributed by atoms with Crippen molar-refractivity contribution in [3.05, 3.63) is 34.9 Å². The molecule has 1 aliphatic heterocycles. The highest BCUT2D eigenvalue weighted by atomic mass is 35.5. The maximum Gasteiger partial charge on any atom is 0.0409 e. The summed E-state index contributed by atoms with van der Waals surface area (Å²) < 4.78 is 0. The highest BCUT2D eigenvalue weighted by Gasteiger charge is 2.17. The molecule has 1 N–H and O–H groups in total. The Bertz CT molecular complexity index is 361. The Balaban J connectivity index is 1.92. The SMILES string of the molecule is CCCN(Cc1cccc(Cl)c1)CC1CCCN1. The number of hydrogen-bond acceptors (Lipinski definition) is 2. The van der Waals surface area contributed by atoms with Crippen LogP contribution in [0.2, 0.25) is 5.02 Å². The zero-order valence-electron chi connectivity index (χ0n) is 11.2. The smallest absolute Gasteiger partial charge is 0.0409 e. The zero-order valence-corrected chi connectivity index (χ0v) is 11.9. The molecule has 3 heteroatoms. The summed E-state index contributed by atoms with van der Waals surface area (Å²) in [6, 6.07) is 8.89. The van der Waals surface area contributed by atoms with Gasteiger partial charge in [-0.3, -0.25) is 4.90 Å². The minimum Gasteiger partial charge on any atom is -0.313 e. The molecule has 1 fully saturated rings. The largest absolute Gasteiger partial charge is 0.313 e. The Morgan fingerprint density at radius 1 is 1.44 bits per heavy atom. The zero-order chi connectivity index (χ0) is 12.8.